The molecule has 6 nitrogen and oxygen atoms in total. The zero-order valence-electron chi connectivity index (χ0n) is 13.2. The summed E-state index contributed by atoms with van der Waals surface area (Å²) in [6, 6.07) is 5.48. The molecular formula is C17H19FN2O4. The van der Waals surface area contributed by atoms with E-state index in [9.17, 15) is 18.8 Å². The molecule has 1 aromatic carbocycles. The third-order valence-electron chi connectivity index (χ3n) is 4.71. The van der Waals surface area contributed by atoms with Gasteiger partial charge in [0.05, 0.1) is 5.41 Å². The van der Waals surface area contributed by atoms with E-state index >= 15 is 0 Å². The average molecular weight is 334 g/mol. The second-order valence-electron chi connectivity index (χ2n) is 6.15. The minimum absolute atomic E-state index is 0.268. The highest BCUT2D eigenvalue weighted by atomic mass is 19.1. The van der Waals surface area contributed by atoms with Crippen LogP contribution in [0.4, 0.5) is 9.18 Å². The van der Waals surface area contributed by atoms with E-state index in [1.165, 1.54) is 12.1 Å². The first-order valence-electron chi connectivity index (χ1n) is 8.04. The van der Waals surface area contributed by atoms with E-state index in [0.29, 0.717) is 24.9 Å². The largest absolute Gasteiger partial charge is 0.455 e. The summed E-state index contributed by atoms with van der Waals surface area (Å²) in [4.78, 5) is 37.1. The fourth-order valence-electron chi connectivity index (χ4n) is 3.43. The number of hydrogen-bond donors (Lipinski definition) is 1. The maximum Gasteiger partial charge on any atom is 0.324 e. The van der Waals surface area contributed by atoms with Crippen LogP contribution in [-0.2, 0) is 19.7 Å². The molecular weight excluding hydrogens is 315 g/mol. The normalized spacial score (nSPS) is 19.2. The van der Waals surface area contributed by atoms with Crippen LogP contribution < -0.4 is 5.32 Å². The highest BCUT2D eigenvalue weighted by Crippen LogP contribution is 2.42. The Morgan fingerprint density at radius 1 is 1.29 bits per heavy atom. The Hall–Kier alpha value is -2.44. The number of benzene rings is 1. The van der Waals surface area contributed by atoms with Gasteiger partial charge in [-0.3, -0.25) is 14.5 Å². The van der Waals surface area contributed by atoms with Crippen molar-refractivity contribution < 1.29 is 23.5 Å². The number of urea groups is 1. The van der Waals surface area contributed by atoms with Crippen molar-refractivity contribution in [1.82, 2.24) is 10.2 Å². The van der Waals surface area contributed by atoms with Gasteiger partial charge in [-0.15, -0.1) is 0 Å². The smallest absolute Gasteiger partial charge is 0.324 e. The number of halogens is 1. The van der Waals surface area contributed by atoms with Gasteiger partial charge in [0.25, 0.3) is 5.91 Å². The Morgan fingerprint density at radius 2 is 2.04 bits per heavy atom. The van der Waals surface area contributed by atoms with E-state index < -0.39 is 35.7 Å². The fourth-order valence-corrected chi connectivity index (χ4v) is 3.43. The summed E-state index contributed by atoms with van der Waals surface area (Å²) in [6.45, 7) is 0.180. The van der Waals surface area contributed by atoms with Gasteiger partial charge in [-0.1, -0.05) is 25.0 Å². The molecule has 0 atom stereocenters. The summed E-state index contributed by atoms with van der Waals surface area (Å²) < 4.78 is 18.8. The van der Waals surface area contributed by atoms with E-state index in [1.54, 1.807) is 12.1 Å². The number of nitrogens with one attached hydrogen (secondary N) is 1. The van der Waals surface area contributed by atoms with E-state index in [2.05, 4.69) is 5.32 Å². The van der Waals surface area contributed by atoms with Crippen molar-refractivity contribution in [3.63, 3.8) is 0 Å². The number of esters is 1. The van der Waals surface area contributed by atoms with E-state index in [1.807, 2.05) is 0 Å². The lowest BCUT2D eigenvalue weighted by atomic mass is 9.79. The van der Waals surface area contributed by atoms with Crippen molar-refractivity contribution >= 4 is 17.9 Å². The molecule has 3 rings (SSSR count). The van der Waals surface area contributed by atoms with Crippen LogP contribution in [0, 0.1) is 5.82 Å². The van der Waals surface area contributed by atoms with Gasteiger partial charge in [0.2, 0.25) is 0 Å². The van der Waals surface area contributed by atoms with Crippen molar-refractivity contribution in [2.75, 3.05) is 19.7 Å². The van der Waals surface area contributed by atoms with Gasteiger partial charge in [0.15, 0.2) is 6.61 Å². The quantitative estimate of drug-likeness (QED) is 0.851. The van der Waals surface area contributed by atoms with Crippen LogP contribution >= 0.6 is 0 Å². The molecule has 0 radical (unpaired) electrons. The minimum Gasteiger partial charge on any atom is -0.455 e. The van der Waals surface area contributed by atoms with Crippen molar-refractivity contribution in [1.29, 1.82) is 0 Å². The highest BCUT2D eigenvalue weighted by Gasteiger charge is 2.44. The number of ether oxygens (including phenoxy) is 1. The lowest BCUT2D eigenvalue weighted by molar-refractivity contribution is -0.156. The van der Waals surface area contributed by atoms with Crippen LogP contribution in [0.15, 0.2) is 24.3 Å². The maximum atomic E-state index is 13.6. The molecule has 0 bridgehead atoms. The maximum absolute atomic E-state index is 13.6. The van der Waals surface area contributed by atoms with Crippen molar-refractivity contribution in [3.8, 4) is 0 Å². The Labute approximate surface area is 139 Å². The first kappa shape index (κ1) is 16.4. The van der Waals surface area contributed by atoms with Crippen molar-refractivity contribution in [2.24, 2.45) is 0 Å². The molecule has 0 unspecified atom stereocenters. The van der Waals surface area contributed by atoms with Gasteiger partial charge in [0.1, 0.15) is 5.82 Å². The SMILES string of the molecule is O=C(COC(=O)C1(c2cccc(F)c2)CCCC1)N1CCNC1=O. The lowest BCUT2D eigenvalue weighted by Crippen LogP contribution is -2.40. The fraction of sp³-hybridized carbons (Fsp3) is 0.471. The highest BCUT2D eigenvalue weighted by molar-refractivity contribution is 5.97. The Bertz CT molecular complexity index is 670. The minimum atomic E-state index is -0.907. The average Bonchev–Trinajstić information content (AvgIpc) is 3.22. The number of carbonyl (C=O) groups excluding carboxylic acids is 3. The first-order valence-corrected chi connectivity index (χ1v) is 8.04. The number of amides is 3. The summed E-state index contributed by atoms with van der Waals surface area (Å²) in [5.41, 5.74) is -0.327. The van der Waals surface area contributed by atoms with Gasteiger partial charge < -0.3 is 10.1 Å². The monoisotopic (exact) mass is 334 g/mol. The van der Waals surface area contributed by atoms with Crippen LogP contribution in [0.1, 0.15) is 31.2 Å². The molecule has 128 valence electrons. The van der Waals surface area contributed by atoms with Crippen LogP contribution in [0.2, 0.25) is 0 Å². The van der Waals surface area contributed by atoms with Gasteiger partial charge in [-0.05, 0) is 30.5 Å². The number of imide groups is 1. The molecule has 24 heavy (non-hydrogen) atoms. The number of carbonyl (C=O) groups is 3. The zero-order chi connectivity index (χ0) is 17.2. The van der Waals surface area contributed by atoms with Gasteiger partial charge in [-0.25, -0.2) is 9.18 Å². The van der Waals surface area contributed by atoms with Gasteiger partial charge >= 0.3 is 12.0 Å². The summed E-state index contributed by atoms with van der Waals surface area (Å²) >= 11 is 0. The summed E-state index contributed by atoms with van der Waals surface area (Å²) in [7, 11) is 0. The molecule has 1 heterocycles. The van der Waals surface area contributed by atoms with Crippen LogP contribution in [-0.4, -0.2) is 42.5 Å². The standard InChI is InChI=1S/C17H19FN2O4/c18-13-5-3-4-12(10-13)17(6-1-2-7-17)15(22)24-11-14(21)20-9-8-19-16(20)23/h3-5,10H,1-2,6-9,11H2,(H,19,23). The Morgan fingerprint density at radius 3 is 2.67 bits per heavy atom. The molecule has 2 aliphatic rings. The molecule has 1 saturated heterocycles. The Balaban J connectivity index is 1.71. The topological polar surface area (TPSA) is 75.7 Å². The summed E-state index contributed by atoms with van der Waals surface area (Å²) in [5, 5.41) is 2.52. The van der Waals surface area contributed by atoms with Crippen LogP contribution in [0.3, 0.4) is 0 Å². The summed E-state index contributed by atoms with van der Waals surface area (Å²) in [6.07, 6.45) is 2.81. The molecule has 1 saturated carbocycles. The molecule has 0 spiro atoms. The predicted octanol–water partition coefficient (Wildman–Crippen LogP) is 1.73. The third kappa shape index (κ3) is 2.98. The molecule has 0 aromatic heterocycles. The molecule has 7 heteroatoms. The number of hydrogen-bond acceptors (Lipinski definition) is 4. The molecule has 1 aliphatic heterocycles. The van der Waals surface area contributed by atoms with Crippen LogP contribution in [0.25, 0.3) is 0 Å². The van der Waals surface area contributed by atoms with E-state index in [-0.39, 0.29) is 6.54 Å². The third-order valence-corrected chi connectivity index (χ3v) is 4.71. The number of rotatable bonds is 4. The van der Waals surface area contributed by atoms with E-state index in [0.717, 1.165) is 17.7 Å². The van der Waals surface area contributed by atoms with Gasteiger partial charge in [-0.2, -0.15) is 0 Å². The molecule has 1 aromatic rings. The molecule has 1 aliphatic carbocycles. The molecule has 2 fully saturated rings. The van der Waals surface area contributed by atoms with Crippen LogP contribution in [0.5, 0.6) is 0 Å². The Kier molecular flexibility index (Phi) is 4.51. The summed E-state index contributed by atoms with van der Waals surface area (Å²) in [5.74, 6) is -1.49. The molecule has 1 N–H and O–H groups in total. The molecule has 3 amide bonds. The van der Waals surface area contributed by atoms with Gasteiger partial charge in [0, 0.05) is 13.1 Å². The lowest BCUT2D eigenvalue weighted by Gasteiger charge is -2.27. The van der Waals surface area contributed by atoms with Crippen molar-refractivity contribution in [2.45, 2.75) is 31.1 Å². The zero-order valence-corrected chi connectivity index (χ0v) is 13.2. The second-order valence-corrected chi connectivity index (χ2v) is 6.15. The van der Waals surface area contributed by atoms with Crippen molar-refractivity contribution in [3.05, 3.63) is 35.6 Å². The second kappa shape index (κ2) is 6.59. The predicted molar refractivity (Wildman–Crippen MR) is 82.6 cm³/mol. The first-order chi connectivity index (χ1) is 11.5. The number of nitrogens with zero attached hydrogens (tertiary/aromatic N) is 1. The van der Waals surface area contributed by atoms with E-state index in [4.69, 9.17) is 4.74 Å².